The molecule has 1 aromatic carbocycles. The minimum Gasteiger partial charge on any atom is -0.383 e. The monoisotopic (exact) mass is 473 g/mol. The van der Waals surface area contributed by atoms with E-state index in [1.54, 1.807) is 42.8 Å². The molecule has 0 saturated heterocycles. The van der Waals surface area contributed by atoms with Gasteiger partial charge in [0.2, 0.25) is 0 Å². The maximum Gasteiger partial charge on any atom is 0.395 e. The van der Waals surface area contributed by atoms with Gasteiger partial charge in [-0.3, -0.25) is 4.99 Å². The van der Waals surface area contributed by atoms with Crippen LogP contribution < -0.4 is 5.32 Å². The summed E-state index contributed by atoms with van der Waals surface area (Å²) in [5.41, 5.74) is 2.12. The topological polar surface area (TPSA) is 27.6 Å². The first-order chi connectivity index (χ1) is 15.0. The van der Waals surface area contributed by atoms with Gasteiger partial charge in [-0.05, 0) is 56.7 Å². The van der Waals surface area contributed by atoms with E-state index in [2.05, 4.69) is 19.2 Å². The maximum atomic E-state index is 15.0. The van der Waals surface area contributed by atoms with Gasteiger partial charge in [-0.25, -0.2) is 4.39 Å². The van der Waals surface area contributed by atoms with Crippen molar-refractivity contribution in [1.29, 1.82) is 0 Å². The molecule has 0 spiro atoms. The van der Waals surface area contributed by atoms with E-state index in [0.717, 1.165) is 12.1 Å². The van der Waals surface area contributed by atoms with Gasteiger partial charge < -0.3 is 10.2 Å². The average Bonchev–Trinajstić information content (AvgIpc) is 2.73. The zero-order chi connectivity index (χ0) is 24.1. The number of aliphatic imine (C=N–C) groups is 1. The van der Waals surface area contributed by atoms with E-state index in [4.69, 9.17) is 4.99 Å². The van der Waals surface area contributed by atoms with Crippen molar-refractivity contribution in [2.75, 3.05) is 31.7 Å². The van der Waals surface area contributed by atoms with Crippen LogP contribution in [0, 0.1) is 17.7 Å². The Labute approximate surface area is 193 Å². The van der Waals surface area contributed by atoms with Crippen LogP contribution in [0.15, 0.2) is 29.3 Å². The Morgan fingerprint density at radius 1 is 1.31 bits per heavy atom. The summed E-state index contributed by atoms with van der Waals surface area (Å²) in [5.74, 6) is -2.63. The van der Waals surface area contributed by atoms with Crippen LogP contribution in [-0.2, 0) is 0 Å². The smallest absolute Gasteiger partial charge is 0.383 e. The van der Waals surface area contributed by atoms with Crippen molar-refractivity contribution in [2.45, 2.75) is 58.0 Å². The highest BCUT2D eigenvalue weighted by molar-refractivity contribution is 8.00. The number of rotatable bonds is 9. The summed E-state index contributed by atoms with van der Waals surface area (Å²) in [6, 6.07) is 4.90. The summed E-state index contributed by atoms with van der Waals surface area (Å²) in [6.45, 7) is 8.76. The number of nitrogens with one attached hydrogen (secondary N) is 1. The van der Waals surface area contributed by atoms with Crippen LogP contribution in [0.4, 0.5) is 23.2 Å². The number of thioether (sulfide) groups is 1. The SMILES string of the molecule is CCC(C)N=C(C)C(CNc1ccc(C2=CC(C(F)(F)F)C(CC)CN2C)c(F)c1)SC. The third-order valence-corrected chi connectivity index (χ3v) is 7.25. The minimum atomic E-state index is -4.34. The number of allylic oxidation sites excluding steroid dienone is 1. The Morgan fingerprint density at radius 3 is 2.53 bits per heavy atom. The lowest BCUT2D eigenvalue weighted by Crippen LogP contribution is -2.40. The number of halogens is 4. The summed E-state index contributed by atoms with van der Waals surface area (Å²) in [7, 11) is 1.72. The maximum absolute atomic E-state index is 15.0. The minimum absolute atomic E-state index is 0.150. The van der Waals surface area contributed by atoms with Crippen molar-refractivity contribution >= 4 is 28.9 Å². The number of hydrogen-bond acceptors (Lipinski definition) is 4. The second kappa shape index (κ2) is 11.4. The summed E-state index contributed by atoms with van der Waals surface area (Å²) in [6.07, 6.45) is 0.239. The van der Waals surface area contributed by atoms with Gasteiger partial charge in [0.05, 0.1) is 11.2 Å². The molecule has 0 bridgehead atoms. The van der Waals surface area contributed by atoms with Gasteiger partial charge >= 0.3 is 6.18 Å². The largest absolute Gasteiger partial charge is 0.395 e. The second-order valence-electron chi connectivity index (χ2n) is 8.50. The fourth-order valence-electron chi connectivity index (χ4n) is 4.00. The zero-order valence-corrected chi connectivity index (χ0v) is 20.6. The van der Waals surface area contributed by atoms with Crippen LogP contribution in [0.2, 0.25) is 0 Å². The summed E-state index contributed by atoms with van der Waals surface area (Å²) < 4.78 is 55.6. The molecule has 180 valence electrons. The van der Waals surface area contributed by atoms with E-state index in [-0.39, 0.29) is 23.4 Å². The highest BCUT2D eigenvalue weighted by atomic mass is 32.2. The van der Waals surface area contributed by atoms with Crippen molar-refractivity contribution in [3.8, 4) is 0 Å². The highest BCUT2D eigenvalue weighted by Crippen LogP contribution is 2.41. The number of hydrogen-bond donors (Lipinski definition) is 1. The molecule has 2 rings (SSSR count). The molecule has 0 fully saturated rings. The number of benzene rings is 1. The van der Waals surface area contributed by atoms with Crippen LogP contribution in [0.1, 0.15) is 46.1 Å². The van der Waals surface area contributed by atoms with E-state index >= 15 is 0 Å². The Kier molecular flexibility index (Phi) is 9.49. The van der Waals surface area contributed by atoms with E-state index in [0.29, 0.717) is 24.4 Å². The van der Waals surface area contributed by atoms with Crippen LogP contribution in [0.25, 0.3) is 5.70 Å². The fourth-order valence-corrected chi connectivity index (χ4v) is 4.66. The molecule has 4 atom stereocenters. The highest BCUT2D eigenvalue weighted by Gasteiger charge is 2.45. The zero-order valence-electron chi connectivity index (χ0n) is 19.8. The first kappa shape index (κ1) is 26.6. The number of nitrogens with zero attached hydrogens (tertiary/aromatic N) is 2. The molecule has 8 heteroatoms. The Balaban J connectivity index is 2.21. The van der Waals surface area contributed by atoms with E-state index in [9.17, 15) is 17.6 Å². The molecule has 32 heavy (non-hydrogen) atoms. The van der Waals surface area contributed by atoms with Crippen molar-refractivity contribution in [3.05, 3.63) is 35.7 Å². The lowest BCUT2D eigenvalue weighted by atomic mass is 9.84. The third-order valence-electron chi connectivity index (χ3n) is 6.17. The van der Waals surface area contributed by atoms with Crippen molar-refractivity contribution < 1.29 is 17.6 Å². The van der Waals surface area contributed by atoms with Gasteiger partial charge in [-0.2, -0.15) is 24.9 Å². The Hall–Kier alpha value is -1.70. The molecule has 0 saturated carbocycles. The first-order valence-corrected chi connectivity index (χ1v) is 12.4. The lowest BCUT2D eigenvalue weighted by molar-refractivity contribution is -0.176. The van der Waals surface area contributed by atoms with Gasteiger partial charge in [0.1, 0.15) is 5.82 Å². The molecular weight excluding hydrogens is 438 g/mol. The molecular formula is C24H35F4N3S. The first-order valence-electron chi connectivity index (χ1n) is 11.1. The summed E-state index contributed by atoms with van der Waals surface area (Å²) in [5, 5.41) is 3.39. The van der Waals surface area contributed by atoms with Gasteiger partial charge in [0.15, 0.2) is 0 Å². The van der Waals surface area contributed by atoms with Gasteiger partial charge in [0, 0.05) is 48.8 Å². The van der Waals surface area contributed by atoms with E-state index in [1.807, 2.05) is 13.2 Å². The van der Waals surface area contributed by atoms with Crippen LogP contribution in [0.5, 0.6) is 0 Å². The number of alkyl halides is 3. The van der Waals surface area contributed by atoms with Crippen molar-refractivity contribution in [3.63, 3.8) is 0 Å². The van der Waals surface area contributed by atoms with Gasteiger partial charge in [-0.15, -0.1) is 0 Å². The Morgan fingerprint density at radius 2 is 2.00 bits per heavy atom. The molecule has 0 aromatic heterocycles. The average molecular weight is 474 g/mol. The van der Waals surface area contributed by atoms with Crippen LogP contribution in [-0.4, -0.2) is 54.5 Å². The Bertz CT molecular complexity index is 822. The predicted octanol–water partition coefficient (Wildman–Crippen LogP) is 6.72. The molecule has 4 unspecified atom stereocenters. The van der Waals surface area contributed by atoms with Crippen molar-refractivity contribution in [1.82, 2.24) is 4.90 Å². The number of anilines is 1. The molecule has 0 amide bonds. The third kappa shape index (κ3) is 6.65. The molecule has 3 nitrogen and oxygen atoms in total. The summed E-state index contributed by atoms with van der Waals surface area (Å²) in [4.78, 5) is 6.42. The van der Waals surface area contributed by atoms with E-state index < -0.39 is 23.8 Å². The molecule has 0 aliphatic carbocycles. The molecule has 1 N–H and O–H groups in total. The molecule has 1 heterocycles. The summed E-state index contributed by atoms with van der Waals surface area (Å²) >= 11 is 1.68. The van der Waals surface area contributed by atoms with Gasteiger partial charge in [-0.1, -0.05) is 20.3 Å². The second-order valence-corrected chi connectivity index (χ2v) is 9.54. The van der Waals surface area contributed by atoms with Crippen molar-refractivity contribution in [2.24, 2.45) is 16.8 Å². The molecule has 1 aromatic rings. The molecule has 0 radical (unpaired) electrons. The normalized spacial score (nSPS) is 21.9. The standard InChI is InChI=1S/C24H35F4N3S/c1-7-15(3)30-16(4)23(32-6)13-29-18-9-10-19(21(25)11-18)22-12-20(24(26,27)28)17(8-2)14-31(22)5/h9-12,15,17,20,23,29H,7-8,13-14H2,1-6H3. The fraction of sp³-hybridized carbons (Fsp3) is 0.625. The lowest BCUT2D eigenvalue weighted by Gasteiger charge is -2.38. The van der Waals surface area contributed by atoms with Crippen LogP contribution >= 0.6 is 11.8 Å². The van der Waals surface area contributed by atoms with E-state index in [1.165, 1.54) is 12.1 Å². The molecule has 1 aliphatic heterocycles. The van der Waals surface area contributed by atoms with Crippen LogP contribution in [0.3, 0.4) is 0 Å². The van der Waals surface area contributed by atoms with Gasteiger partial charge in [0.25, 0.3) is 0 Å². The predicted molar refractivity (Wildman–Crippen MR) is 129 cm³/mol. The quantitative estimate of drug-likeness (QED) is 0.319. The molecule has 1 aliphatic rings.